The van der Waals surface area contributed by atoms with E-state index in [1.165, 1.54) is 0 Å². The fraction of sp³-hybridized carbons (Fsp3) is 0.222. The Morgan fingerprint density at radius 1 is 1.46 bits per heavy atom. The minimum Gasteiger partial charge on any atom is -0.438 e. The van der Waals surface area contributed by atoms with Gasteiger partial charge in [-0.15, -0.1) is 0 Å². The standard InChI is InChI=1S/C9H8BrNO2/c10-4-6-2-1-3-7-9(6)11-8(5-12)13-7/h1-3,12H,4-5H2. The van der Waals surface area contributed by atoms with E-state index in [1.54, 1.807) is 0 Å². The molecule has 0 fully saturated rings. The van der Waals surface area contributed by atoms with Gasteiger partial charge in [0.2, 0.25) is 5.89 Å². The number of benzene rings is 1. The summed E-state index contributed by atoms with van der Waals surface area (Å²) in [7, 11) is 0. The highest BCUT2D eigenvalue weighted by molar-refractivity contribution is 9.08. The average Bonchev–Trinajstić information content (AvgIpc) is 2.59. The van der Waals surface area contributed by atoms with E-state index < -0.39 is 0 Å². The summed E-state index contributed by atoms with van der Waals surface area (Å²) in [6, 6.07) is 5.72. The molecular weight excluding hydrogens is 234 g/mol. The summed E-state index contributed by atoms with van der Waals surface area (Å²) < 4.78 is 5.28. The molecule has 0 saturated heterocycles. The second-order valence-electron chi connectivity index (χ2n) is 2.66. The summed E-state index contributed by atoms with van der Waals surface area (Å²) >= 11 is 3.37. The van der Waals surface area contributed by atoms with Gasteiger partial charge in [0.15, 0.2) is 5.58 Å². The number of aromatic nitrogens is 1. The van der Waals surface area contributed by atoms with Crippen molar-refractivity contribution in [2.45, 2.75) is 11.9 Å². The van der Waals surface area contributed by atoms with Crippen molar-refractivity contribution in [2.75, 3.05) is 0 Å². The Hall–Kier alpha value is -0.870. The number of oxazole rings is 1. The van der Waals surface area contributed by atoms with Crippen LogP contribution in [0.1, 0.15) is 11.5 Å². The lowest BCUT2D eigenvalue weighted by molar-refractivity contribution is 0.244. The Labute approximate surface area is 83.5 Å². The van der Waals surface area contributed by atoms with Gasteiger partial charge in [0.25, 0.3) is 0 Å². The third-order valence-electron chi connectivity index (χ3n) is 1.83. The maximum atomic E-state index is 8.83. The zero-order valence-electron chi connectivity index (χ0n) is 6.83. The molecule has 0 spiro atoms. The molecule has 1 N–H and O–H groups in total. The van der Waals surface area contributed by atoms with Gasteiger partial charge in [-0.2, -0.15) is 0 Å². The van der Waals surface area contributed by atoms with Crippen LogP contribution in [0.5, 0.6) is 0 Å². The lowest BCUT2D eigenvalue weighted by Gasteiger charge is -1.92. The molecule has 0 amide bonds. The zero-order valence-corrected chi connectivity index (χ0v) is 8.41. The molecule has 13 heavy (non-hydrogen) atoms. The number of halogens is 1. The number of hydrogen-bond donors (Lipinski definition) is 1. The lowest BCUT2D eigenvalue weighted by Crippen LogP contribution is -1.82. The molecule has 0 aliphatic carbocycles. The number of para-hydroxylation sites is 1. The smallest absolute Gasteiger partial charge is 0.221 e. The summed E-state index contributed by atoms with van der Waals surface area (Å²) in [6.07, 6.45) is 0. The molecule has 3 nitrogen and oxygen atoms in total. The number of hydrogen-bond acceptors (Lipinski definition) is 3. The zero-order chi connectivity index (χ0) is 9.26. The van der Waals surface area contributed by atoms with Crippen LogP contribution in [0.15, 0.2) is 22.6 Å². The molecule has 68 valence electrons. The van der Waals surface area contributed by atoms with Gasteiger partial charge in [-0.3, -0.25) is 0 Å². The van der Waals surface area contributed by atoms with Crippen LogP contribution in [-0.2, 0) is 11.9 Å². The number of aliphatic hydroxyl groups excluding tert-OH is 1. The molecule has 1 aromatic heterocycles. The maximum Gasteiger partial charge on any atom is 0.221 e. The van der Waals surface area contributed by atoms with Crippen molar-refractivity contribution in [3.05, 3.63) is 29.7 Å². The van der Waals surface area contributed by atoms with Crippen LogP contribution in [0.3, 0.4) is 0 Å². The minimum absolute atomic E-state index is 0.156. The Kier molecular flexibility index (Phi) is 2.33. The van der Waals surface area contributed by atoms with Gasteiger partial charge in [-0.05, 0) is 11.6 Å². The first kappa shape index (κ1) is 8.72. The molecule has 4 heteroatoms. The molecular formula is C9H8BrNO2. The Morgan fingerprint density at radius 3 is 3.00 bits per heavy atom. The van der Waals surface area contributed by atoms with Gasteiger partial charge in [0, 0.05) is 5.33 Å². The van der Waals surface area contributed by atoms with E-state index >= 15 is 0 Å². The second kappa shape index (κ2) is 3.47. The van der Waals surface area contributed by atoms with E-state index in [0.29, 0.717) is 5.89 Å². The summed E-state index contributed by atoms with van der Waals surface area (Å²) in [6.45, 7) is -0.156. The van der Waals surface area contributed by atoms with Crippen molar-refractivity contribution in [3.8, 4) is 0 Å². The predicted molar refractivity (Wildman–Crippen MR) is 52.6 cm³/mol. The molecule has 1 aromatic carbocycles. The molecule has 0 bridgehead atoms. The molecule has 0 unspecified atom stereocenters. The number of alkyl halides is 1. The van der Waals surface area contributed by atoms with Crippen LogP contribution in [0.2, 0.25) is 0 Å². The van der Waals surface area contributed by atoms with E-state index in [9.17, 15) is 0 Å². The molecule has 2 aromatic rings. The Balaban J connectivity index is 2.67. The first-order valence-corrected chi connectivity index (χ1v) is 5.01. The monoisotopic (exact) mass is 241 g/mol. The number of nitrogens with zero attached hydrogens (tertiary/aromatic N) is 1. The first-order chi connectivity index (χ1) is 6.35. The van der Waals surface area contributed by atoms with E-state index in [0.717, 1.165) is 22.0 Å². The van der Waals surface area contributed by atoms with Crippen LogP contribution in [-0.4, -0.2) is 10.1 Å². The van der Waals surface area contributed by atoms with Gasteiger partial charge < -0.3 is 9.52 Å². The third-order valence-corrected chi connectivity index (χ3v) is 2.43. The summed E-state index contributed by atoms with van der Waals surface area (Å²) in [5, 5.41) is 9.57. The topological polar surface area (TPSA) is 46.3 Å². The van der Waals surface area contributed by atoms with E-state index in [-0.39, 0.29) is 6.61 Å². The third kappa shape index (κ3) is 1.47. The molecule has 2 rings (SSSR count). The quantitative estimate of drug-likeness (QED) is 0.821. The van der Waals surface area contributed by atoms with Crippen LogP contribution >= 0.6 is 15.9 Å². The van der Waals surface area contributed by atoms with Crippen LogP contribution in [0.4, 0.5) is 0 Å². The highest BCUT2D eigenvalue weighted by Crippen LogP contribution is 2.21. The number of fused-ring (bicyclic) bond motifs is 1. The molecule has 0 saturated carbocycles. The average molecular weight is 242 g/mol. The Morgan fingerprint density at radius 2 is 2.31 bits per heavy atom. The van der Waals surface area contributed by atoms with Crippen LogP contribution in [0.25, 0.3) is 11.1 Å². The largest absolute Gasteiger partial charge is 0.438 e. The maximum absolute atomic E-state index is 8.83. The van der Waals surface area contributed by atoms with E-state index in [1.807, 2.05) is 18.2 Å². The SMILES string of the molecule is OCc1nc2c(CBr)cccc2o1. The highest BCUT2D eigenvalue weighted by atomic mass is 79.9. The van der Waals surface area contributed by atoms with Gasteiger partial charge in [-0.1, -0.05) is 28.1 Å². The second-order valence-corrected chi connectivity index (χ2v) is 3.22. The summed E-state index contributed by atoms with van der Waals surface area (Å²) in [5.74, 6) is 0.364. The Bertz CT molecular complexity index is 424. The minimum atomic E-state index is -0.156. The van der Waals surface area contributed by atoms with Gasteiger partial charge >= 0.3 is 0 Å². The van der Waals surface area contributed by atoms with Crippen molar-refractivity contribution < 1.29 is 9.52 Å². The van der Waals surface area contributed by atoms with Gasteiger partial charge in [-0.25, -0.2) is 4.98 Å². The highest BCUT2D eigenvalue weighted by Gasteiger charge is 2.07. The summed E-state index contributed by atoms with van der Waals surface area (Å²) in [4.78, 5) is 4.16. The van der Waals surface area contributed by atoms with Crippen molar-refractivity contribution in [1.82, 2.24) is 4.98 Å². The van der Waals surface area contributed by atoms with E-state index in [4.69, 9.17) is 9.52 Å². The molecule has 0 aliphatic rings. The fourth-order valence-electron chi connectivity index (χ4n) is 1.23. The van der Waals surface area contributed by atoms with Gasteiger partial charge in [0.1, 0.15) is 12.1 Å². The van der Waals surface area contributed by atoms with Crippen molar-refractivity contribution >= 4 is 27.0 Å². The molecule has 0 radical (unpaired) electrons. The predicted octanol–water partition coefficient (Wildman–Crippen LogP) is 2.21. The first-order valence-electron chi connectivity index (χ1n) is 3.89. The van der Waals surface area contributed by atoms with Crippen molar-refractivity contribution in [3.63, 3.8) is 0 Å². The van der Waals surface area contributed by atoms with Crippen molar-refractivity contribution in [1.29, 1.82) is 0 Å². The van der Waals surface area contributed by atoms with Gasteiger partial charge in [0.05, 0.1) is 0 Å². The van der Waals surface area contributed by atoms with E-state index in [2.05, 4.69) is 20.9 Å². The lowest BCUT2D eigenvalue weighted by atomic mass is 10.2. The molecule has 1 heterocycles. The normalized spacial score (nSPS) is 10.9. The van der Waals surface area contributed by atoms with Crippen molar-refractivity contribution in [2.24, 2.45) is 0 Å². The summed E-state index contributed by atoms with van der Waals surface area (Å²) in [5.41, 5.74) is 2.62. The molecule has 0 atom stereocenters. The van der Waals surface area contributed by atoms with Crippen LogP contribution < -0.4 is 0 Å². The number of rotatable bonds is 2. The number of aliphatic hydroxyl groups is 1. The molecule has 0 aliphatic heterocycles. The fourth-order valence-corrected chi connectivity index (χ4v) is 1.68. The van der Waals surface area contributed by atoms with Crippen LogP contribution in [0, 0.1) is 0 Å².